The molecule has 0 aliphatic carbocycles. The van der Waals surface area contributed by atoms with Gasteiger partial charge in [0.2, 0.25) is 25.9 Å². The van der Waals surface area contributed by atoms with E-state index >= 15 is 16.8 Å². The Balaban J connectivity index is 1.32. The van der Waals surface area contributed by atoms with E-state index in [0.717, 1.165) is 15.9 Å². The third-order valence-corrected chi connectivity index (χ3v) is 15.7. The van der Waals surface area contributed by atoms with Crippen molar-refractivity contribution in [2.24, 2.45) is 0 Å². The second-order valence-corrected chi connectivity index (χ2v) is 22.5. The van der Waals surface area contributed by atoms with Crippen LogP contribution in [0.3, 0.4) is 0 Å². The number of methoxy groups -OCH3 is 3. The van der Waals surface area contributed by atoms with Gasteiger partial charge in [0.05, 0.1) is 63.7 Å². The molecule has 22 nitrogen and oxygen atoms in total. The summed E-state index contributed by atoms with van der Waals surface area (Å²) in [6, 6.07) is 35.7. The molecule has 0 bridgehead atoms. The van der Waals surface area contributed by atoms with E-state index in [1.165, 1.54) is 25.1 Å². The summed E-state index contributed by atoms with van der Waals surface area (Å²) in [5.74, 6) is 1.66. The third-order valence-electron chi connectivity index (χ3n) is 12.1. The summed E-state index contributed by atoms with van der Waals surface area (Å²) in [4.78, 5) is 33.4. The summed E-state index contributed by atoms with van der Waals surface area (Å²) in [6.07, 6.45) is -1.58. The maximum atomic E-state index is 16.4. The van der Waals surface area contributed by atoms with Crippen LogP contribution in [-0.2, 0) is 62.3 Å². The second kappa shape index (κ2) is 24.9. The molecule has 24 heteroatoms. The summed E-state index contributed by atoms with van der Waals surface area (Å²) in [6.45, 7) is 3.20. The van der Waals surface area contributed by atoms with E-state index in [4.69, 9.17) is 33.8 Å². The van der Waals surface area contributed by atoms with Crippen molar-refractivity contribution >= 4 is 43.3 Å². The van der Waals surface area contributed by atoms with Crippen molar-refractivity contribution in [2.75, 3.05) is 34.5 Å². The fraction of sp³-hybridized carbons (Fsp3) is 0.273. The average molecular weight is 1120 g/mol. The molecule has 0 saturated heterocycles. The number of nitrogens with zero attached hydrogens (tertiary/aromatic N) is 6. The number of hydrogen-bond acceptors (Lipinski definition) is 16. The molecular weight excluding hydrogens is 1060 g/mol. The molecule has 5 N–H and O–H groups in total. The first-order valence-corrected chi connectivity index (χ1v) is 27.7. The molecule has 6 aromatic carbocycles. The van der Waals surface area contributed by atoms with Crippen LogP contribution in [0.15, 0.2) is 143 Å². The summed E-state index contributed by atoms with van der Waals surface area (Å²) < 4.78 is 93.7. The lowest BCUT2D eigenvalue weighted by Gasteiger charge is -2.27. The summed E-state index contributed by atoms with van der Waals surface area (Å²) in [5.41, 5.74) is 2.64. The van der Waals surface area contributed by atoms with E-state index in [9.17, 15) is 14.7 Å². The number of ether oxygens (including phenoxy) is 5. The molecule has 0 fully saturated rings. The quantitative estimate of drug-likeness (QED) is 0.0434. The number of carbonyl (C=O) groups excluding carboxylic acids is 2. The summed E-state index contributed by atoms with van der Waals surface area (Å²) in [5, 5.41) is 29.3. The normalized spacial score (nSPS) is 12.3. The predicted octanol–water partition coefficient (Wildman–Crippen LogP) is 6.94. The summed E-state index contributed by atoms with van der Waals surface area (Å²) in [7, 11) is -5.61. The number of amides is 2. The number of aromatic nitrogens is 6. The van der Waals surface area contributed by atoms with E-state index in [-0.39, 0.29) is 49.7 Å². The Kier molecular flexibility index (Phi) is 17.9. The monoisotopic (exact) mass is 1120 g/mol. The maximum Gasteiger partial charge on any atom is 0.408 e. The Bertz CT molecular complexity index is 3560. The van der Waals surface area contributed by atoms with Crippen LogP contribution >= 0.6 is 0 Å². The number of H-pyrrole nitrogens is 1. The van der Waals surface area contributed by atoms with Crippen molar-refractivity contribution in [1.82, 2.24) is 49.8 Å². The molecule has 1 atom stereocenters. The zero-order valence-corrected chi connectivity index (χ0v) is 45.8. The number of nitrogens with one attached hydrogen (secondary N) is 4. The first-order chi connectivity index (χ1) is 37.9. The molecule has 8 rings (SSSR count). The Hall–Kier alpha value is -8.42. The zero-order chi connectivity index (χ0) is 56.3. The van der Waals surface area contributed by atoms with Gasteiger partial charge in [-0.2, -0.15) is 9.10 Å². The van der Waals surface area contributed by atoms with E-state index in [2.05, 4.69) is 30.7 Å². The Labute approximate surface area is 457 Å². The Morgan fingerprint density at radius 2 is 1.32 bits per heavy atom. The van der Waals surface area contributed by atoms with Crippen molar-refractivity contribution in [2.45, 2.75) is 75.0 Å². The van der Waals surface area contributed by atoms with Crippen LogP contribution in [0, 0.1) is 0 Å². The molecule has 0 radical (unpaired) electrons. The molecule has 2 heterocycles. The van der Waals surface area contributed by atoms with Crippen molar-refractivity contribution in [1.29, 1.82) is 0 Å². The van der Waals surface area contributed by atoms with Gasteiger partial charge < -0.3 is 44.4 Å². The van der Waals surface area contributed by atoms with Gasteiger partial charge in [-0.15, -0.1) is 10.2 Å². The minimum absolute atomic E-state index is 0.0525. The molecule has 0 spiro atoms. The molecule has 2 aromatic heterocycles. The van der Waals surface area contributed by atoms with Crippen LogP contribution in [0.1, 0.15) is 48.8 Å². The highest BCUT2D eigenvalue weighted by Crippen LogP contribution is 2.43. The molecule has 79 heavy (non-hydrogen) atoms. The number of aromatic amines is 1. The van der Waals surface area contributed by atoms with Crippen LogP contribution in [0.5, 0.6) is 17.2 Å². The molecule has 2 amide bonds. The van der Waals surface area contributed by atoms with Crippen molar-refractivity contribution in [3.63, 3.8) is 0 Å². The minimum atomic E-state index is -5.11. The lowest BCUT2D eigenvalue weighted by Crippen LogP contribution is -2.46. The van der Waals surface area contributed by atoms with Crippen LogP contribution in [-0.4, -0.2) is 115 Å². The largest absolute Gasteiger partial charge is 0.497 e. The topological polar surface area (TPSA) is 280 Å². The van der Waals surface area contributed by atoms with Crippen LogP contribution in [0.2, 0.25) is 0 Å². The van der Waals surface area contributed by atoms with Gasteiger partial charge in [0.15, 0.2) is 0 Å². The number of para-hydroxylation sites is 1. The molecule has 414 valence electrons. The van der Waals surface area contributed by atoms with Gasteiger partial charge in [-0.3, -0.25) is 0 Å². The predicted molar refractivity (Wildman–Crippen MR) is 292 cm³/mol. The number of aliphatic hydroxyl groups excluding tert-OH is 1. The van der Waals surface area contributed by atoms with Crippen LogP contribution in [0.4, 0.5) is 9.59 Å². The number of sulfonamides is 2. The van der Waals surface area contributed by atoms with Crippen molar-refractivity contribution < 1.29 is 55.2 Å². The van der Waals surface area contributed by atoms with Crippen LogP contribution in [0.25, 0.3) is 33.5 Å². The number of alkyl carbamates (subject to hydrolysis) is 2. The smallest absolute Gasteiger partial charge is 0.408 e. The van der Waals surface area contributed by atoms with E-state index in [1.807, 2.05) is 6.07 Å². The first kappa shape index (κ1) is 56.8. The molecular formula is C55H60N10O12S2. The number of hydrogen-bond donors (Lipinski definition) is 5. The standard InChI is InChI=1S/C55H60N10O12S2/c1-55(2,3)77-54(68)57-30-48-58-46-14-10-13-45(50(46)59-48)44-27-28-47(78(69,70)62-40(34-66)29-56-53(67)76-35-39-11-8-7-9-12-39)51(49(44)52-60-63-65(61-52)33-38-19-25-43(75-6)26-20-38)79(71,72)64(31-36-15-21-41(73-4)22-16-36)32-37-17-23-42(74-5)24-18-37/h7-28,40,62,66H,29-35H2,1-6H3,(H,56,67)(H,57,68)(H,58,59). The highest BCUT2D eigenvalue weighted by atomic mass is 32.2. The SMILES string of the molecule is COc1ccc(CN(Cc2ccc(OC)cc2)S(=O)(=O)c2c(S(=O)(=O)NC(CO)CNC(=O)OCc3ccccc3)ccc(-c3cccc4[nH]c(CNC(=O)OC(C)(C)C)nc34)c2-c2nnn(Cc3ccc(OC)cc3)n2)cc1. The fourth-order valence-corrected chi connectivity index (χ4v) is 11.9. The van der Waals surface area contributed by atoms with Gasteiger partial charge in [0.1, 0.15) is 45.1 Å². The Morgan fingerprint density at radius 3 is 1.90 bits per heavy atom. The number of tetrazole rings is 1. The highest BCUT2D eigenvalue weighted by molar-refractivity contribution is 7.92. The molecule has 1 unspecified atom stereocenters. The Morgan fingerprint density at radius 1 is 0.709 bits per heavy atom. The van der Waals surface area contributed by atoms with Crippen molar-refractivity contribution in [3.8, 4) is 39.8 Å². The van der Waals surface area contributed by atoms with Gasteiger partial charge in [-0.1, -0.05) is 84.9 Å². The number of benzene rings is 6. The molecule has 8 aromatic rings. The molecule has 0 saturated carbocycles. The first-order valence-electron chi connectivity index (χ1n) is 24.7. The number of imidazole rings is 1. The number of aliphatic hydroxyl groups is 1. The average Bonchev–Trinajstić information content (AvgIpc) is 4.21. The summed E-state index contributed by atoms with van der Waals surface area (Å²) >= 11 is 0. The van der Waals surface area contributed by atoms with Gasteiger partial charge in [0.25, 0.3) is 0 Å². The number of carbonyl (C=O) groups is 2. The second-order valence-electron chi connectivity index (χ2n) is 19.0. The third kappa shape index (κ3) is 14.4. The molecule has 0 aliphatic heterocycles. The maximum absolute atomic E-state index is 16.4. The van der Waals surface area contributed by atoms with Crippen LogP contribution < -0.4 is 29.6 Å². The zero-order valence-electron chi connectivity index (χ0n) is 44.2. The van der Waals surface area contributed by atoms with Crippen molar-refractivity contribution in [3.05, 3.63) is 162 Å². The van der Waals surface area contributed by atoms with Gasteiger partial charge in [-0.25, -0.2) is 36.1 Å². The van der Waals surface area contributed by atoms with Gasteiger partial charge in [-0.05, 0) is 102 Å². The number of fused-ring (bicyclic) bond motifs is 1. The van der Waals surface area contributed by atoms with Gasteiger partial charge >= 0.3 is 12.2 Å². The lowest BCUT2D eigenvalue weighted by atomic mass is 9.98. The number of rotatable bonds is 23. The fourth-order valence-electron chi connectivity index (χ4n) is 8.27. The molecule has 0 aliphatic rings. The minimum Gasteiger partial charge on any atom is -0.497 e. The lowest BCUT2D eigenvalue weighted by molar-refractivity contribution is 0.0522. The van der Waals surface area contributed by atoms with Gasteiger partial charge in [0, 0.05) is 25.2 Å². The van der Waals surface area contributed by atoms with E-state index < -0.39 is 66.8 Å². The highest BCUT2D eigenvalue weighted by Gasteiger charge is 2.39. The van der Waals surface area contributed by atoms with E-state index in [0.29, 0.717) is 56.4 Å². The van der Waals surface area contributed by atoms with E-state index in [1.54, 1.807) is 143 Å².